The van der Waals surface area contributed by atoms with E-state index in [2.05, 4.69) is 17.0 Å². The van der Waals surface area contributed by atoms with Gasteiger partial charge in [0.05, 0.1) is 0 Å². The Bertz CT molecular complexity index is 435. The molecule has 0 saturated carbocycles. The zero-order chi connectivity index (χ0) is 14.3. The van der Waals surface area contributed by atoms with Crippen molar-refractivity contribution in [2.75, 3.05) is 13.6 Å². The lowest BCUT2D eigenvalue weighted by atomic mass is 10.1. The molecule has 19 heavy (non-hydrogen) atoms. The third kappa shape index (κ3) is 5.26. The minimum absolute atomic E-state index is 0.0746. The second kappa shape index (κ2) is 7.74. The number of hydrogen-bond acceptors (Lipinski definition) is 3. The average Bonchev–Trinajstić information content (AvgIpc) is 2.37. The lowest BCUT2D eigenvalue weighted by molar-refractivity contribution is 0.317. The van der Waals surface area contributed by atoms with Crippen molar-refractivity contribution in [1.29, 1.82) is 0 Å². The number of amidine groups is 1. The number of unbranched alkanes of at least 4 members (excludes halogenated alkanes) is 2. The first-order chi connectivity index (χ1) is 9.06. The van der Waals surface area contributed by atoms with Gasteiger partial charge in [-0.1, -0.05) is 24.9 Å². The molecule has 0 bridgehead atoms. The Hall–Kier alpha value is -1.62. The van der Waals surface area contributed by atoms with Crippen LogP contribution < -0.4 is 5.73 Å². The molecular weight excluding hydrogens is 245 g/mol. The fraction of sp³-hybridized carbons (Fsp3) is 0.500. The van der Waals surface area contributed by atoms with E-state index in [1.807, 2.05) is 7.05 Å². The summed E-state index contributed by atoms with van der Waals surface area (Å²) in [6.07, 6.45) is 3.51. The molecule has 0 aliphatic heterocycles. The van der Waals surface area contributed by atoms with Crippen LogP contribution in [-0.2, 0) is 6.54 Å². The monoisotopic (exact) mass is 267 g/mol. The van der Waals surface area contributed by atoms with Crippen molar-refractivity contribution < 1.29 is 9.60 Å². The molecule has 0 aliphatic rings. The Morgan fingerprint density at radius 1 is 1.37 bits per heavy atom. The largest absolute Gasteiger partial charge is 0.409 e. The summed E-state index contributed by atoms with van der Waals surface area (Å²) < 4.78 is 13.5. The van der Waals surface area contributed by atoms with Crippen molar-refractivity contribution in [2.45, 2.75) is 32.7 Å². The van der Waals surface area contributed by atoms with E-state index in [1.54, 1.807) is 6.07 Å². The molecule has 0 aliphatic carbocycles. The summed E-state index contributed by atoms with van der Waals surface area (Å²) in [4.78, 5) is 2.14. The summed E-state index contributed by atoms with van der Waals surface area (Å²) in [5, 5.41) is 11.5. The molecule has 0 radical (unpaired) electrons. The molecule has 0 spiro atoms. The van der Waals surface area contributed by atoms with E-state index < -0.39 is 0 Å². The van der Waals surface area contributed by atoms with Gasteiger partial charge in [-0.2, -0.15) is 0 Å². The summed E-state index contributed by atoms with van der Waals surface area (Å²) in [5.41, 5.74) is 6.70. The molecule has 0 fully saturated rings. The van der Waals surface area contributed by atoms with Crippen LogP contribution in [0.15, 0.2) is 23.4 Å². The Balaban J connectivity index is 2.70. The fourth-order valence-corrected chi connectivity index (χ4v) is 1.97. The first-order valence-electron chi connectivity index (χ1n) is 6.52. The van der Waals surface area contributed by atoms with Gasteiger partial charge in [-0.3, -0.25) is 0 Å². The summed E-state index contributed by atoms with van der Waals surface area (Å²) in [7, 11) is 2.00. The Labute approximate surface area is 113 Å². The number of oxime groups is 1. The second-order valence-corrected chi connectivity index (χ2v) is 4.78. The third-order valence-electron chi connectivity index (χ3n) is 2.96. The molecule has 0 amide bonds. The van der Waals surface area contributed by atoms with Gasteiger partial charge in [-0.25, -0.2) is 4.39 Å². The summed E-state index contributed by atoms with van der Waals surface area (Å²) in [5.74, 6) is -0.449. The predicted molar refractivity (Wildman–Crippen MR) is 74.8 cm³/mol. The van der Waals surface area contributed by atoms with E-state index in [4.69, 9.17) is 10.9 Å². The lowest BCUT2D eigenvalue weighted by Crippen LogP contribution is -2.20. The van der Waals surface area contributed by atoms with E-state index in [1.165, 1.54) is 25.0 Å². The molecule has 0 aromatic heterocycles. The Kier molecular flexibility index (Phi) is 6.29. The lowest BCUT2D eigenvalue weighted by Gasteiger charge is -2.17. The molecule has 0 unspecified atom stereocenters. The fourth-order valence-electron chi connectivity index (χ4n) is 1.97. The van der Waals surface area contributed by atoms with Gasteiger partial charge in [0.15, 0.2) is 5.84 Å². The normalized spacial score (nSPS) is 12.1. The zero-order valence-electron chi connectivity index (χ0n) is 11.6. The van der Waals surface area contributed by atoms with Gasteiger partial charge in [0.25, 0.3) is 0 Å². The van der Waals surface area contributed by atoms with Crippen LogP contribution in [0.5, 0.6) is 0 Å². The van der Waals surface area contributed by atoms with E-state index in [9.17, 15) is 4.39 Å². The first kappa shape index (κ1) is 15.4. The van der Waals surface area contributed by atoms with Gasteiger partial charge >= 0.3 is 0 Å². The highest BCUT2D eigenvalue weighted by molar-refractivity contribution is 5.97. The maximum absolute atomic E-state index is 13.5. The van der Waals surface area contributed by atoms with Gasteiger partial charge in [0, 0.05) is 12.1 Å². The van der Waals surface area contributed by atoms with Crippen LogP contribution in [0.25, 0.3) is 0 Å². The predicted octanol–water partition coefficient (Wildman–Crippen LogP) is 2.54. The molecule has 1 aromatic carbocycles. The molecular formula is C14H22FN3O. The maximum atomic E-state index is 13.5. The minimum atomic E-state index is -0.374. The second-order valence-electron chi connectivity index (χ2n) is 4.78. The van der Waals surface area contributed by atoms with Gasteiger partial charge in [0.1, 0.15) is 5.82 Å². The van der Waals surface area contributed by atoms with Crippen molar-refractivity contribution in [3.05, 3.63) is 35.1 Å². The van der Waals surface area contributed by atoms with Gasteiger partial charge in [0.2, 0.25) is 0 Å². The molecule has 0 atom stereocenters. The maximum Gasteiger partial charge on any atom is 0.170 e. The number of nitrogens with zero attached hydrogens (tertiary/aromatic N) is 2. The number of rotatable bonds is 7. The highest BCUT2D eigenvalue weighted by Crippen LogP contribution is 2.11. The van der Waals surface area contributed by atoms with Crippen LogP contribution in [0.4, 0.5) is 4.39 Å². The molecule has 1 aromatic rings. The summed E-state index contributed by atoms with van der Waals surface area (Å²) in [6.45, 7) is 3.78. The SMILES string of the molecule is CCCCCN(C)Cc1cc(F)cc(/C(N)=N/O)c1. The number of halogens is 1. The highest BCUT2D eigenvalue weighted by atomic mass is 19.1. The topological polar surface area (TPSA) is 61.8 Å². The molecule has 0 saturated heterocycles. The number of benzene rings is 1. The number of hydrogen-bond donors (Lipinski definition) is 2. The van der Waals surface area contributed by atoms with E-state index >= 15 is 0 Å². The van der Waals surface area contributed by atoms with Crippen LogP contribution in [0.3, 0.4) is 0 Å². The third-order valence-corrected chi connectivity index (χ3v) is 2.96. The van der Waals surface area contributed by atoms with Crippen LogP contribution in [-0.4, -0.2) is 29.5 Å². The molecule has 1 rings (SSSR count). The van der Waals surface area contributed by atoms with E-state index in [0.717, 1.165) is 18.5 Å². The van der Waals surface area contributed by atoms with E-state index in [-0.39, 0.29) is 11.7 Å². The first-order valence-corrected chi connectivity index (χ1v) is 6.52. The van der Waals surface area contributed by atoms with Crippen LogP contribution in [0.2, 0.25) is 0 Å². The molecule has 4 nitrogen and oxygen atoms in total. The standard InChI is InChI=1S/C14H22FN3O/c1-3-4-5-6-18(2)10-11-7-12(14(16)17-19)9-13(15)8-11/h7-9,19H,3-6,10H2,1-2H3,(H2,16,17). The molecule has 5 heteroatoms. The Morgan fingerprint density at radius 3 is 2.74 bits per heavy atom. The average molecular weight is 267 g/mol. The van der Waals surface area contributed by atoms with Gasteiger partial charge < -0.3 is 15.8 Å². The van der Waals surface area contributed by atoms with Crippen LogP contribution in [0, 0.1) is 5.82 Å². The van der Waals surface area contributed by atoms with E-state index in [0.29, 0.717) is 12.1 Å². The quantitative estimate of drug-likeness (QED) is 0.262. The smallest absolute Gasteiger partial charge is 0.170 e. The highest BCUT2D eigenvalue weighted by Gasteiger charge is 2.07. The van der Waals surface area contributed by atoms with Crippen molar-refractivity contribution in [2.24, 2.45) is 10.9 Å². The van der Waals surface area contributed by atoms with Gasteiger partial charge in [-0.05, 0) is 43.8 Å². The van der Waals surface area contributed by atoms with Crippen LogP contribution >= 0.6 is 0 Å². The Morgan fingerprint density at radius 2 is 2.11 bits per heavy atom. The van der Waals surface area contributed by atoms with Gasteiger partial charge in [-0.15, -0.1) is 0 Å². The van der Waals surface area contributed by atoms with Crippen LogP contribution in [0.1, 0.15) is 37.3 Å². The van der Waals surface area contributed by atoms with Crippen molar-refractivity contribution in [3.8, 4) is 0 Å². The number of nitrogens with two attached hydrogens (primary N) is 1. The molecule has 106 valence electrons. The minimum Gasteiger partial charge on any atom is -0.409 e. The van der Waals surface area contributed by atoms with Crippen molar-refractivity contribution in [3.63, 3.8) is 0 Å². The molecule has 0 heterocycles. The molecule has 3 N–H and O–H groups in total. The summed E-state index contributed by atoms with van der Waals surface area (Å²) in [6, 6.07) is 4.48. The van der Waals surface area contributed by atoms with Crippen molar-refractivity contribution >= 4 is 5.84 Å². The zero-order valence-corrected chi connectivity index (χ0v) is 11.6. The summed E-state index contributed by atoms with van der Waals surface area (Å²) >= 11 is 0. The van der Waals surface area contributed by atoms with Crippen molar-refractivity contribution in [1.82, 2.24) is 4.90 Å².